The van der Waals surface area contributed by atoms with E-state index in [0.29, 0.717) is 6.04 Å². The Hall–Kier alpha value is -0.340. The minimum Gasteiger partial charge on any atom is -0.310 e. The Morgan fingerprint density at radius 1 is 1.50 bits per heavy atom. The quantitative estimate of drug-likeness (QED) is 0.784. The predicted molar refractivity (Wildman–Crippen MR) is 72.0 cm³/mol. The number of aryl methyl sites for hydroxylation is 1. The topological polar surface area (TPSA) is 12.0 Å². The van der Waals surface area contributed by atoms with E-state index < -0.39 is 0 Å². The van der Waals surface area contributed by atoms with Crippen molar-refractivity contribution >= 4 is 11.3 Å². The van der Waals surface area contributed by atoms with Gasteiger partial charge in [-0.2, -0.15) is 0 Å². The normalized spacial score (nSPS) is 19.7. The largest absolute Gasteiger partial charge is 0.310 e. The van der Waals surface area contributed by atoms with Gasteiger partial charge in [0.05, 0.1) is 0 Å². The highest BCUT2D eigenvalue weighted by Crippen LogP contribution is 2.43. The van der Waals surface area contributed by atoms with E-state index in [1.165, 1.54) is 29.7 Å². The molecule has 1 heterocycles. The Morgan fingerprint density at radius 2 is 2.25 bits per heavy atom. The first-order valence-corrected chi connectivity index (χ1v) is 7.38. The molecule has 2 unspecified atom stereocenters. The van der Waals surface area contributed by atoms with Gasteiger partial charge in [0, 0.05) is 10.9 Å². The molecule has 16 heavy (non-hydrogen) atoms. The second-order valence-corrected chi connectivity index (χ2v) is 6.23. The molecule has 1 nitrogen and oxygen atoms in total. The van der Waals surface area contributed by atoms with Gasteiger partial charge in [-0.3, -0.25) is 0 Å². The van der Waals surface area contributed by atoms with E-state index in [2.05, 4.69) is 37.5 Å². The third-order valence-corrected chi connectivity index (χ3v) is 4.50. The van der Waals surface area contributed by atoms with E-state index >= 15 is 0 Å². The molecule has 1 aliphatic rings. The zero-order valence-electron chi connectivity index (χ0n) is 10.6. The first-order chi connectivity index (χ1) is 7.72. The van der Waals surface area contributed by atoms with Crippen LogP contribution < -0.4 is 5.32 Å². The molecule has 0 spiro atoms. The van der Waals surface area contributed by atoms with E-state index in [4.69, 9.17) is 0 Å². The maximum atomic E-state index is 3.73. The second-order valence-electron chi connectivity index (χ2n) is 5.12. The van der Waals surface area contributed by atoms with Gasteiger partial charge in [-0.05, 0) is 61.6 Å². The summed E-state index contributed by atoms with van der Waals surface area (Å²) in [6.07, 6.45) is 4.10. The van der Waals surface area contributed by atoms with E-state index in [1.807, 2.05) is 11.3 Å². The van der Waals surface area contributed by atoms with E-state index in [-0.39, 0.29) is 0 Å². The average Bonchev–Trinajstić information content (AvgIpc) is 3.03. The van der Waals surface area contributed by atoms with Gasteiger partial charge >= 0.3 is 0 Å². The highest BCUT2D eigenvalue weighted by molar-refractivity contribution is 7.10. The fourth-order valence-electron chi connectivity index (χ4n) is 2.43. The molecule has 0 aromatic carbocycles. The summed E-state index contributed by atoms with van der Waals surface area (Å²) >= 11 is 1.88. The Labute approximate surface area is 103 Å². The molecule has 2 atom stereocenters. The molecule has 2 rings (SSSR count). The van der Waals surface area contributed by atoms with E-state index in [1.54, 1.807) is 0 Å². The lowest BCUT2D eigenvalue weighted by molar-refractivity contribution is 0.350. The van der Waals surface area contributed by atoms with Gasteiger partial charge in [0.15, 0.2) is 0 Å². The molecule has 0 saturated heterocycles. The maximum absolute atomic E-state index is 3.73. The molecule has 1 aromatic heterocycles. The summed E-state index contributed by atoms with van der Waals surface area (Å²) in [7, 11) is 0. The van der Waals surface area contributed by atoms with Crippen molar-refractivity contribution in [2.45, 2.75) is 46.1 Å². The Kier molecular flexibility index (Phi) is 4.04. The zero-order chi connectivity index (χ0) is 11.5. The molecule has 0 aliphatic heterocycles. The van der Waals surface area contributed by atoms with Crippen molar-refractivity contribution < 1.29 is 0 Å². The molecule has 1 aliphatic carbocycles. The molecule has 0 bridgehead atoms. The molecular formula is C14H23NS. The Bertz CT molecular complexity index is 327. The zero-order valence-corrected chi connectivity index (χ0v) is 11.4. The summed E-state index contributed by atoms with van der Waals surface area (Å²) < 4.78 is 0. The van der Waals surface area contributed by atoms with Crippen LogP contribution in [-0.4, -0.2) is 6.54 Å². The monoisotopic (exact) mass is 237 g/mol. The SMILES string of the molecule is CCCNC(c1csc(C)c1)C(C)C1CC1. The molecule has 1 saturated carbocycles. The maximum Gasteiger partial charge on any atom is 0.0357 e. The lowest BCUT2D eigenvalue weighted by Gasteiger charge is -2.24. The summed E-state index contributed by atoms with van der Waals surface area (Å²) in [6.45, 7) is 7.99. The van der Waals surface area contributed by atoms with Gasteiger partial charge < -0.3 is 5.32 Å². The summed E-state index contributed by atoms with van der Waals surface area (Å²) in [5, 5.41) is 6.06. The van der Waals surface area contributed by atoms with Crippen molar-refractivity contribution in [3.8, 4) is 0 Å². The summed E-state index contributed by atoms with van der Waals surface area (Å²) in [6, 6.07) is 2.94. The average molecular weight is 237 g/mol. The van der Waals surface area contributed by atoms with Crippen LogP contribution in [0.4, 0.5) is 0 Å². The van der Waals surface area contributed by atoms with Gasteiger partial charge in [-0.15, -0.1) is 11.3 Å². The number of hydrogen-bond acceptors (Lipinski definition) is 2. The van der Waals surface area contributed by atoms with Gasteiger partial charge in [-0.25, -0.2) is 0 Å². The van der Waals surface area contributed by atoms with Crippen molar-refractivity contribution in [1.29, 1.82) is 0 Å². The highest BCUT2D eigenvalue weighted by Gasteiger charge is 2.33. The van der Waals surface area contributed by atoms with Crippen LogP contribution in [0.25, 0.3) is 0 Å². The third kappa shape index (κ3) is 2.86. The van der Waals surface area contributed by atoms with Crippen LogP contribution in [0.3, 0.4) is 0 Å². The summed E-state index contributed by atoms with van der Waals surface area (Å²) in [5.74, 6) is 1.76. The van der Waals surface area contributed by atoms with Crippen LogP contribution in [0.1, 0.15) is 49.6 Å². The third-order valence-electron chi connectivity index (χ3n) is 3.62. The number of hydrogen-bond donors (Lipinski definition) is 1. The smallest absolute Gasteiger partial charge is 0.0357 e. The van der Waals surface area contributed by atoms with E-state index in [0.717, 1.165) is 18.4 Å². The summed E-state index contributed by atoms with van der Waals surface area (Å²) in [5.41, 5.74) is 1.51. The van der Waals surface area contributed by atoms with Crippen LogP contribution in [0.15, 0.2) is 11.4 Å². The highest BCUT2D eigenvalue weighted by atomic mass is 32.1. The van der Waals surface area contributed by atoms with Crippen molar-refractivity contribution in [2.75, 3.05) is 6.54 Å². The fourth-order valence-corrected chi connectivity index (χ4v) is 3.17. The lowest BCUT2D eigenvalue weighted by atomic mass is 9.92. The van der Waals surface area contributed by atoms with Crippen LogP contribution in [0, 0.1) is 18.8 Å². The first kappa shape index (κ1) is 12.1. The fraction of sp³-hybridized carbons (Fsp3) is 0.714. The standard InChI is InChI=1S/C14H23NS/c1-4-7-15-14(11(3)12-5-6-12)13-8-10(2)16-9-13/h8-9,11-12,14-15H,4-7H2,1-3H3. The molecule has 1 aromatic rings. The van der Waals surface area contributed by atoms with Crippen LogP contribution >= 0.6 is 11.3 Å². The number of rotatable bonds is 6. The Morgan fingerprint density at radius 3 is 2.75 bits per heavy atom. The van der Waals surface area contributed by atoms with Gasteiger partial charge in [0.1, 0.15) is 0 Å². The second kappa shape index (κ2) is 5.33. The van der Waals surface area contributed by atoms with Crippen molar-refractivity contribution in [1.82, 2.24) is 5.32 Å². The molecule has 1 fully saturated rings. The van der Waals surface area contributed by atoms with Crippen LogP contribution in [0.2, 0.25) is 0 Å². The van der Waals surface area contributed by atoms with Crippen molar-refractivity contribution in [3.63, 3.8) is 0 Å². The van der Waals surface area contributed by atoms with Gasteiger partial charge in [0.25, 0.3) is 0 Å². The molecular weight excluding hydrogens is 214 g/mol. The lowest BCUT2D eigenvalue weighted by Crippen LogP contribution is -2.28. The molecule has 1 N–H and O–H groups in total. The van der Waals surface area contributed by atoms with Gasteiger partial charge in [-0.1, -0.05) is 13.8 Å². The van der Waals surface area contributed by atoms with Gasteiger partial charge in [0.2, 0.25) is 0 Å². The molecule has 2 heteroatoms. The minimum absolute atomic E-state index is 0.581. The van der Waals surface area contributed by atoms with Crippen LogP contribution in [0.5, 0.6) is 0 Å². The predicted octanol–water partition coefficient (Wildman–Crippen LogP) is 4.14. The van der Waals surface area contributed by atoms with Crippen LogP contribution in [-0.2, 0) is 0 Å². The molecule has 0 amide bonds. The van der Waals surface area contributed by atoms with E-state index in [9.17, 15) is 0 Å². The first-order valence-electron chi connectivity index (χ1n) is 6.50. The molecule has 0 radical (unpaired) electrons. The summed E-state index contributed by atoms with van der Waals surface area (Å²) in [4.78, 5) is 1.43. The number of thiophene rings is 1. The van der Waals surface area contributed by atoms with Crippen molar-refractivity contribution in [3.05, 3.63) is 21.9 Å². The minimum atomic E-state index is 0.581. The number of nitrogens with one attached hydrogen (secondary N) is 1. The Balaban J connectivity index is 2.06. The van der Waals surface area contributed by atoms with Crippen molar-refractivity contribution in [2.24, 2.45) is 11.8 Å². The molecule has 90 valence electrons.